The number of carbonyl (C=O) groups excluding carboxylic acids is 2. The Morgan fingerprint density at radius 1 is 0.552 bits per heavy atom. The molecule has 0 heterocycles. The lowest BCUT2D eigenvalue weighted by Crippen LogP contribution is -2.34. The highest BCUT2D eigenvalue weighted by molar-refractivity contribution is 7.47. The minimum Gasteiger partial charge on any atom is -0.480 e. The number of rotatable bonds is 37. The SMILES string of the molecule is CC/C=C/C=C/C=C/C=C/CCCCCCCC(=O)OC[C@H](COP(=O)(O)OC[C@H](N)C(=O)O)OC(=O)CCCCC/C=C/C/C=C/C/C=C/C/C=C/C/C=C/CC. The summed E-state index contributed by atoms with van der Waals surface area (Å²) in [6, 6.07) is -1.54. The molecule has 0 bridgehead atoms. The number of esters is 2. The van der Waals surface area contributed by atoms with Gasteiger partial charge in [0, 0.05) is 12.8 Å². The van der Waals surface area contributed by atoms with Crippen molar-refractivity contribution >= 4 is 25.7 Å². The Labute approximate surface area is 348 Å². The molecule has 0 aliphatic heterocycles. The van der Waals surface area contributed by atoms with E-state index in [2.05, 4.69) is 91.3 Å². The van der Waals surface area contributed by atoms with Crippen molar-refractivity contribution in [2.45, 2.75) is 142 Å². The number of ether oxygens (including phenoxy) is 2. The van der Waals surface area contributed by atoms with Crippen LogP contribution in [0.2, 0.25) is 0 Å². The summed E-state index contributed by atoms with van der Waals surface area (Å²) < 4.78 is 32.6. The van der Waals surface area contributed by atoms with Crippen LogP contribution in [0.5, 0.6) is 0 Å². The summed E-state index contributed by atoms with van der Waals surface area (Å²) in [5.41, 5.74) is 5.32. The lowest BCUT2D eigenvalue weighted by Gasteiger charge is -2.20. The standard InChI is InChI=1S/C46H72NO10P/c1-3-5-7-9-11-13-15-17-19-20-21-22-24-26-28-30-32-34-36-38-45(49)57-42(40-55-58(52,53)56-41-43(47)46(50)51)39-54-44(48)37-35-33-31-29-27-25-23-18-16-14-12-10-8-6-4-2/h5-8,10-14,16-19,21-23,26,28,42-43H,3-4,9,15,20,24-25,27,29-41,47H2,1-2H3,(H,50,51)(H,52,53)/b7-5+,8-6+,12-10+,13-11+,16-14+,19-17+,22-21+,23-18+,28-26+/t42-,43+/m1/s1. The molecule has 0 fully saturated rings. The molecule has 0 aliphatic carbocycles. The van der Waals surface area contributed by atoms with Crippen molar-refractivity contribution in [3.8, 4) is 0 Å². The molecule has 58 heavy (non-hydrogen) atoms. The zero-order valence-corrected chi connectivity index (χ0v) is 36.0. The second kappa shape index (κ2) is 39.9. The molecule has 0 saturated heterocycles. The van der Waals surface area contributed by atoms with E-state index in [0.717, 1.165) is 89.9 Å². The van der Waals surface area contributed by atoms with Crippen LogP contribution in [0.1, 0.15) is 129 Å². The molecule has 3 atom stereocenters. The zero-order chi connectivity index (χ0) is 42.8. The van der Waals surface area contributed by atoms with Crippen LogP contribution in [0, 0.1) is 0 Å². The molecule has 0 aromatic heterocycles. The Morgan fingerprint density at radius 3 is 1.59 bits per heavy atom. The number of carboxylic acid groups (broad SMARTS) is 1. The number of aliphatic carboxylic acids is 1. The molecule has 0 aromatic carbocycles. The van der Waals surface area contributed by atoms with Crippen molar-refractivity contribution in [1.29, 1.82) is 0 Å². The summed E-state index contributed by atoms with van der Waals surface area (Å²) in [6.07, 6.45) is 51.5. The van der Waals surface area contributed by atoms with Gasteiger partial charge in [-0.2, -0.15) is 0 Å². The first-order chi connectivity index (χ1) is 28.1. The second-order valence-corrected chi connectivity index (χ2v) is 14.9. The Balaban J connectivity index is 4.52. The number of hydrogen-bond acceptors (Lipinski definition) is 9. The predicted molar refractivity (Wildman–Crippen MR) is 235 cm³/mol. The van der Waals surface area contributed by atoms with Crippen LogP contribution in [-0.4, -0.2) is 59.9 Å². The fourth-order valence-corrected chi connectivity index (χ4v) is 5.64. The summed E-state index contributed by atoms with van der Waals surface area (Å²) in [5.74, 6) is -2.47. The van der Waals surface area contributed by atoms with E-state index in [9.17, 15) is 23.8 Å². The van der Waals surface area contributed by atoms with Gasteiger partial charge in [-0.05, 0) is 77.0 Å². The van der Waals surface area contributed by atoms with Gasteiger partial charge in [-0.25, -0.2) is 4.57 Å². The van der Waals surface area contributed by atoms with Crippen LogP contribution in [-0.2, 0) is 37.5 Å². The van der Waals surface area contributed by atoms with E-state index in [1.807, 2.05) is 36.5 Å². The maximum absolute atomic E-state index is 12.6. The molecule has 1 unspecified atom stereocenters. The van der Waals surface area contributed by atoms with Crippen LogP contribution in [0.4, 0.5) is 0 Å². The number of carbonyl (C=O) groups is 3. The quantitative estimate of drug-likeness (QED) is 0.0179. The first-order valence-corrected chi connectivity index (χ1v) is 22.5. The van der Waals surface area contributed by atoms with E-state index in [0.29, 0.717) is 12.8 Å². The van der Waals surface area contributed by atoms with Gasteiger partial charge in [0.15, 0.2) is 6.10 Å². The highest BCUT2D eigenvalue weighted by Gasteiger charge is 2.28. The van der Waals surface area contributed by atoms with Crippen molar-refractivity contribution in [2.24, 2.45) is 5.73 Å². The fraction of sp³-hybridized carbons (Fsp3) is 0.543. The predicted octanol–water partition coefficient (Wildman–Crippen LogP) is 11.1. The van der Waals surface area contributed by atoms with Gasteiger partial charge in [0.2, 0.25) is 0 Å². The van der Waals surface area contributed by atoms with Crippen LogP contribution in [0.3, 0.4) is 0 Å². The molecule has 0 radical (unpaired) electrons. The van der Waals surface area contributed by atoms with Gasteiger partial charge in [-0.1, -0.05) is 149 Å². The first-order valence-electron chi connectivity index (χ1n) is 21.0. The minimum absolute atomic E-state index is 0.109. The largest absolute Gasteiger partial charge is 0.480 e. The topological polar surface area (TPSA) is 172 Å². The third-order valence-electron chi connectivity index (χ3n) is 8.11. The smallest absolute Gasteiger partial charge is 0.472 e. The van der Waals surface area contributed by atoms with Gasteiger partial charge >= 0.3 is 25.7 Å². The van der Waals surface area contributed by atoms with Crippen molar-refractivity contribution in [3.05, 3.63) is 109 Å². The molecule has 0 amide bonds. The van der Waals surface area contributed by atoms with Crippen LogP contribution < -0.4 is 5.73 Å². The maximum Gasteiger partial charge on any atom is 0.472 e. The van der Waals surface area contributed by atoms with Crippen LogP contribution in [0.25, 0.3) is 0 Å². The van der Waals surface area contributed by atoms with E-state index in [1.165, 1.54) is 0 Å². The molecule has 12 heteroatoms. The third kappa shape index (κ3) is 39.0. The van der Waals surface area contributed by atoms with E-state index in [1.54, 1.807) is 0 Å². The molecule has 11 nitrogen and oxygen atoms in total. The molecule has 0 aromatic rings. The van der Waals surface area contributed by atoms with Gasteiger partial charge in [-0.15, -0.1) is 0 Å². The minimum atomic E-state index is -4.74. The number of allylic oxidation sites excluding steroid dienone is 18. The third-order valence-corrected chi connectivity index (χ3v) is 9.06. The number of phosphoric acid groups is 1. The molecular formula is C46H72NO10P. The summed E-state index contributed by atoms with van der Waals surface area (Å²) in [7, 11) is -4.74. The van der Waals surface area contributed by atoms with Gasteiger partial charge in [-0.3, -0.25) is 23.4 Å². The number of unbranched alkanes of at least 4 members (excludes halogenated alkanes) is 8. The summed E-state index contributed by atoms with van der Waals surface area (Å²) >= 11 is 0. The summed E-state index contributed by atoms with van der Waals surface area (Å²) in [6.45, 7) is 2.46. The molecule has 0 rings (SSSR count). The highest BCUT2D eigenvalue weighted by Crippen LogP contribution is 2.43. The number of phosphoric ester groups is 1. The lowest BCUT2D eigenvalue weighted by atomic mass is 10.1. The Hall–Kier alpha value is -3.86. The van der Waals surface area contributed by atoms with E-state index in [-0.39, 0.29) is 19.4 Å². The van der Waals surface area contributed by atoms with Crippen molar-refractivity contribution in [1.82, 2.24) is 0 Å². The molecule has 0 saturated carbocycles. The van der Waals surface area contributed by atoms with Crippen LogP contribution in [0.15, 0.2) is 109 Å². The Kier molecular flexibility index (Phi) is 37.3. The van der Waals surface area contributed by atoms with Gasteiger partial charge in [0.25, 0.3) is 0 Å². The maximum atomic E-state index is 12.6. The van der Waals surface area contributed by atoms with E-state index in [4.69, 9.17) is 24.8 Å². The Morgan fingerprint density at radius 2 is 1.00 bits per heavy atom. The van der Waals surface area contributed by atoms with Crippen molar-refractivity contribution < 1.29 is 47.5 Å². The van der Waals surface area contributed by atoms with Crippen LogP contribution >= 0.6 is 7.82 Å². The van der Waals surface area contributed by atoms with Gasteiger partial charge in [0.05, 0.1) is 13.2 Å². The molecule has 0 spiro atoms. The number of hydrogen-bond donors (Lipinski definition) is 3. The van der Waals surface area contributed by atoms with Crippen molar-refractivity contribution in [3.63, 3.8) is 0 Å². The molecule has 326 valence electrons. The van der Waals surface area contributed by atoms with E-state index >= 15 is 0 Å². The molecule has 4 N–H and O–H groups in total. The highest BCUT2D eigenvalue weighted by atomic mass is 31.2. The second-order valence-electron chi connectivity index (χ2n) is 13.4. The van der Waals surface area contributed by atoms with Gasteiger partial charge in [0.1, 0.15) is 12.6 Å². The summed E-state index contributed by atoms with van der Waals surface area (Å²) in [4.78, 5) is 45.9. The fourth-order valence-electron chi connectivity index (χ4n) is 4.86. The van der Waals surface area contributed by atoms with Crippen molar-refractivity contribution in [2.75, 3.05) is 19.8 Å². The number of carboxylic acids is 1. The average molecular weight is 830 g/mol. The van der Waals surface area contributed by atoms with E-state index < -0.39 is 51.1 Å². The monoisotopic (exact) mass is 829 g/mol. The first kappa shape index (κ1) is 54.1. The van der Waals surface area contributed by atoms with Gasteiger partial charge < -0.3 is 25.2 Å². The normalized spacial score (nSPS) is 14.8. The zero-order valence-electron chi connectivity index (χ0n) is 35.1. The molecular weight excluding hydrogens is 757 g/mol. The Bertz CT molecular complexity index is 1390. The number of nitrogens with two attached hydrogens (primary N) is 1. The molecule has 0 aliphatic rings. The average Bonchev–Trinajstić information content (AvgIpc) is 3.20. The lowest BCUT2D eigenvalue weighted by molar-refractivity contribution is -0.161. The summed E-state index contributed by atoms with van der Waals surface area (Å²) in [5, 5.41) is 8.88.